The molecule has 0 fully saturated rings. The predicted molar refractivity (Wildman–Crippen MR) is 35.2 cm³/mol. The third-order valence-corrected chi connectivity index (χ3v) is 1.20. The molecule has 0 aromatic heterocycles. The van der Waals surface area contributed by atoms with Crippen molar-refractivity contribution < 1.29 is 19.7 Å². The number of aliphatic hydroxyl groups is 2. The highest BCUT2D eigenvalue weighted by Crippen LogP contribution is 2.18. The second-order valence-electron chi connectivity index (χ2n) is 2.12. The van der Waals surface area contributed by atoms with Gasteiger partial charge in [0.2, 0.25) is 0 Å². The molecule has 0 amide bonds. The van der Waals surface area contributed by atoms with Crippen LogP contribution in [0.5, 0.6) is 5.75 Å². The Labute approximate surface area is 62.3 Å². The van der Waals surface area contributed by atoms with Crippen LogP contribution in [-0.4, -0.2) is 15.3 Å². The van der Waals surface area contributed by atoms with Crippen LogP contribution in [0.1, 0.15) is 11.9 Å². The van der Waals surface area contributed by atoms with Crippen LogP contribution in [0, 0.1) is 5.82 Å². The number of benzene rings is 1. The Morgan fingerprint density at radius 1 is 1.18 bits per heavy atom. The summed E-state index contributed by atoms with van der Waals surface area (Å²) in [5.41, 5.74) is -0.0671. The molecule has 0 unspecified atom stereocenters. The van der Waals surface area contributed by atoms with Crippen molar-refractivity contribution in [2.45, 2.75) is 6.29 Å². The van der Waals surface area contributed by atoms with Crippen LogP contribution in [0.2, 0.25) is 0 Å². The fourth-order valence-corrected chi connectivity index (χ4v) is 0.745. The van der Waals surface area contributed by atoms with Gasteiger partial charge < -0.3 is 15.3 Å². The Hall–Kier alpha value is -1.13. The molecule has 1 aromatic rings. The van der Waals surface area contributed by atoms with E-state index in [1.165, 1.54) is 0 Å². The molecule has 0 aliphatic heterocycles. The van der Waals surface area contributed by atoms with Crippen molar-refractivity contribution in [2.75, 3.05) is 0 Å². The van der Waals surface area contributed by atoms with Crippen LogP contribution in [-0.2, 0) is 0 Å². The zero-order valence-electron chi connectivity index (χ0n) is 5.53. The van der Waals surface area contributed by atoms with Crippen molar-refractivity contribution in [3.63, 3.8) is 0 Å². The van der Waals surface area contributed by atoms with Crippen LogP contribution < -0.4 is 0 Å². The van der Waals surface area contributed by atoms with Crippen LogP contribution >= 0.6 is 0 Å². The topological polar surface area (TPSA) is 60.7 Å². The molecule has 4 heteroatoms. The lowest BCUT2D eigenvalue weighted by Gasteiger charge is -2.03. The third kappa shape index (κ3) is 1.89. The first-order chi connectivity index (χ1) is 5.09. The first kappa shape index (κ1) is 7.97. The molecule has 0 heterocycles. The average Bonchev–Trinajstić information content (AvgIpc) is 1.85. The molecule has 0 aliphatic carbocycles. The number of hydrogen-bond acceptors (Lipinski definition) is 3. The maximum Gasteiger partial charge on any atom is 0.178 e. The molecule has 0 spiro atoms. The number of phenolic OH excluding ortho intramolecular Hbond substituents is 1. The molecule has 3 nitrogen and oxygen atoms in total. The lowest BCUT2D eigenvalue weighted by molar-refractivity contribution is -0.0428. The van der Waals surface area contributed by atoms with Gasteiger partial charge in [-0.1, -0.05) is 0 Å². The van der Waals surface area contributed by atoms with Crippen molar-refractivity contribution in [1.82, 2.24) is 0 Å². The molecule has 0 atom stereocenters. The summed E-state index contributed by atoms with van der Waals surface area (Å²) in [6.07, 6.45) is -1.75. The van der Waals surface area contributed by atoms with E-state index in [1.807, 2.05) is 0 Å². The van der Waals surface area contributed by atoms with Gasteiger partial charge in [-0.3, -0.25) is 0 Å². The van der Waals surface area contributed by atoms with Crippen molar-refractivity contribution >= 4 is 0 Å². The zero-order chi connectivity index (χ0) is 8.43. The summed E-state index contributed by atoms with van der Waals surface area (Å²) in [7, 11) is 0. The van der Waals surface area contributed by atoms with Gasteiger partial charge in [0.25, 0.3) is 0 Å². The number of hydrogen-bond donors (Lipinski definition) is 3. The highest BCUT2D eigenvalue weighted by Gasteiger charge is 2.05. The first-order valence-electron chi connectivity index (χ1n) is 2.95. The highest BCUT2D eigenvalue weighted by atomic mass is 19.1. The monoisotopic (exact) mass is 158 g/mol. The first-order valence-corrected chi connectivity index (χ1v) is 2.95. The summed E-state index contributed by atoms with van der Waals surface area (Å²) in [4.78, 5) is 0. The lowest BCUT2D eigenvalue weighted by Crippen LogP contribution is -1.94. The average molecular weight is 158 g/mol. The molecule has 0 saturated heterocycles. The van der Waals surface area contributed by atoms with Gasteiger partial charge in [0.15, 0.2) is 6.29 Å². The van der Waals surface area contributed by atoms with E-state index in [4.69, 9.17) is 15.3 Å². The van der Waals surface area contributed by atoms with E-state index >= 15 is 0 Å². The number of aromatic hydroxyl groups is 1. The van der Waals surface area contributed by atoms with Crippen molar-refractivity contribution in [2.24, 2.45) is 0 Å². The van der Waals surface area contributed by atoms with E-state index < -0.39 is 12.1 Å². The van der Waals surface area contributed by atoms with Crippen LogP contribution in [0.4, 0.5) is 4.39 Å². The Balaban J connectivity index is 3.08. The fraction of sp³-hybridized carbons (Fsp3) is 0.143. The standard InChI is InChI=1S/C7H7FO3/c8-5-1-4(7(10)11)2-6(9)3-5/h1-3,7,9-11H. The fourth-order valence-electron chi connectivity index (χ4n) is 0.745. The van der Waals surface area contributed by atoms with Crippen LogP contribution in [0.25, 0.3) is 0 Å². The molecule has 0 bridgehead atoms. The molecule has 0 aliphatic rings. The number of phenols is 1. The normalized spacial score (nSPS) is 10.5. The highest BCUT2D eigenvalue weighted by molar-refractivity contribution is 5.28. The Morgan fingerprint density at radius 2 is 1.82 bits per heavy atom. The maximum absolute atomic E-state index is 12.4. The van der Waals surface area contributed by atoms with E-state index in [-0.39, 0.29) is 11.3 Å². The summed E-state index contributed by atoms with van der Waals surface area (Å²) in [5, 5.41) is 25.9. The minimum absolute atomic E-state index is 0.0671. The van der Waals surface area contributed by atoms with Crippen LogP contribution in [0.3, 0.4) is 0 Å². The molecule has 1 aromatic carbocycles. The van der Waals surface area contributed by atoms with E-state index in [2.05, 4.69) is 0 Å². The molecule has 1 rings (SSSR count). The van der Waals surface area contributed by atoms with E-state index in [9.17, 15) is 4.39 Å². The van der Waals surface area contributed by atoms with Crippen molar-refractivity contribution in [1.29, 1.82) is 0 Å². The smallest absolute Gasteiger partial charge is 0.178 e. The molecule has 0 saturated carbocycles. The quantitative estimate of drug-likeness (QED) is 0.522. The SMILES string of the molecule is Oc1cc(F)cc(C(O)O)c1. The van der Waals surface area contributed by atoms with Gasteiger partial charge in [-0.05, 0) is 12.1 Å². The zero-order valence-corrected chi connectivity index (χ0v) is 5.53. The summed E-state index contributed by atoms with van der Waals surface area (Å²) in [6.45, 7) is 0. The van der Waals surface area contributed by atoms with Gasteiger partial charge in [-0.2, -0.15) is 0 Å². The van der Waals surface area contributed by atoms with Gasteiger partial charge in [0.05, 0.1) is 0 Å². The predicted octanol–water partition coefficient (Wildman–Crippen LogP) is 0.514. The second-order valence-corrected chi connectivity index (χ2v) is 2.12. The molecular weight excluding hydrogens is 151 g/mol. The third-order valence-electron chi connectivity index (χ3n) is 1.20. The number of halogens is 1. The van der Waals surface area contributed by atoms with Gasteiger partial charge in [0.1, 0.15) is 11.6 Å². The van der Waals surface area contributed by atoms with Gasteiger partial charge >= 0.3 is 0 Å². The molecule has 11 heavy (non-hydrogen) atoms. The van der Waals surface area contributed by atoms with Crippen LogP contribution in [0.15, 0.2) is 18.2 Å². The van der Waals surface area contributed by atoms with Crippen molar-refractivity contribution in [3.8, 4) is 5.75 Å². The molecule has 0 radical (unpaired) electrons. The van der Waals surface area contributed by atoms with Gasteiger partial charge in [-0.15, -0.1) is 0 Å². The lowest BCUT2D eigenvalue weighted by atomic mass is 10.2. The summed E-state index contributed by atoms with van der Waals surface area (Å²) >= 11 is 0. The second kappa shape index (κ2) is 2.86. The largest absolute Gasteiger partial charge is 0.508 e. The minimum atomic E-state index is -1.75. The Morgan fingerprint density at radius 3 is 2.27 bits per heavy atom. The van der Waals surface area contributed by atoms with E-state index in [0.717, 1.165) is 18.2 Å². The van der Waals surface area contributed by atoms with E-state index in [0.29, 0.717) is 0 Å². The Kier molecular flexibility index (Phi) is 2.07. The molecule has 60 valence electrons. The van der Waals surface area contributed by atoms with Crippen molar-refractivity contribution in [3.05, 3.63) is 29.6 Å². The minimum Gasteiger partial charge on any atom is -0.508 e. The maximum atomic E-state index is 12.4. The summed E-state index contributed by atoms with van der Waals surface area (Å²) in [6, 6.07) is 2.89. The van der Waals surface area contributed by atoms with Gasteiger partial charge in [-0.25, -0.2) is 4.39 Å². The summed E-state index contributed by atoms with van der Waals surface area (Å²) < 4.78 is 12.4. The summed E-state index contributed by atoms with van der Waals surface area (Å²) in [5.74, 6) is -1.03. The number of rotatable bonds is 1. The van der Waals surface area contributed by atoms with Gasteiger partial charge in [0, 0.05) is 11.6 Å². The van der Waals surface area contributed by atoms with E-state index in [1.54, 1.807) is 0 Å². The molecule has 3 N–H and O–H groups in total. The number of aliphatic hydroxyl groups excluding tert-OH is 1. The Bertz CT molecular complexity index is 240. The molecular formula is C7H7FO3.